The zero-order valence-electron chi connectivity index (χ0n) is 12.1. The molecule has 1 heterocycles. The number of thiophene rings is 1. The summed E-state index contributed by atoms with van der Waals surface area (Å²) in [7, 11) is 0. The highest BCUT2D eigenvalue weighted by molar-refractivity contribution is 7.12. The molecule has 20 heavy (non-hydrogen) atoms. The summed E-state index contributed by atoms with van der Waals surface area (Å²) in [5.74, 6) is -0.778. The first-order valence-electron chi connectivity index (χ1n) is 7.35. The van der Waals surface area contributed by atoms with Gasteiger partial charge in [-0.25, -0.2) is 0 Å². The standard InChI is InChI=1S/C15H23NO3S/c1-3-16-12(15(17)18)9-10-8-11-13(19-4-2)6-5-7-14(11)20-10/h8,12-13,16H,3-7,9H2,1-2H3,(H,17,18). The smallest absolute Gasteiger partial charge is 0.321 e. The van der Waals surface area contributed by atoms with Crippen LogP contribution < -0.4 is 5.32 Å². The number of aryl methyl sites for hydroxylation is 1. The average molecular weight is 297 g/mol. The van der Waals surface area contributed by atoms with Crippen molar-refractivity contribution in [2.75, 3.05) is 13.2 Å². The van der Waals surface area contributed by atoms with Crippen molar-refractivity contribution in [3.05, 3.63) is 21.4 Å². The minimum absolute atomic E-state index is 0.205. The van der Waals surface area contributed by atoms with E-state index in [1.165, 1.54) is 10.4 Å². The van der Waals surface area contributed by atoms with Crippen molar-refractivity contribution >= 4 is 17.3 Å². The molecule has 2 atom stereocenters. The van der Waals surface area contributed by atoms with E-state index in [0.717, 1.165) is 30.7 Å². The SMILES string of the molecule is CCNC(Cc1cc2c(s1)CCCC2OCC)C(=O)O. The first kappa shape index (κ1) is 15.5. The number of hydrogen-bond acceptors (Lipinski definition) is 4. The van der Waals surface area contributed by atoms with Crippen molar-refractivity contribution in [1.29, 1.82) is 0 Å². The highest BCUT2D eigenvalue weighted by Gasteiger charge is 2.25. The molecule has 0 aliphatic heterocycles. The van der Waals surface area contributed by atoms with Gasteiger partial charge in [0.2, 0.25) is 0 Å². The Bertz CT molecular complexity index is 458. The van der Waals surface area contributed by atoms with Crippen LogP contribution >= 0.6 is 11.3 Å². The van der Waals surface area contributed by atoms with Gasteiger partial charge in [0.15, 0.2) is 0 Å². The second-order valence-electron chi connectivity index (χ2n) is 5.08. The first-order chi connectivity index (χ1) is 9.65. The van der Waals surface area contributed by atoms with Crippen molar-refractivity contribution in [1.82, 2.24) is 5.32 Å². The molecular weight excluding hydrogens is 274 g/mol. The van der Waals surface area contributed by atoms with Crippen LogP contribution in [0.25, 0.3) is 0 Å². The Morgan fingerprint density at radius 3 is 3.05 bits per heavy atom. The molecule has 1 aliphatic carbocycles. The van der Waals surface area contributed by atoms with Crippen molar-refractivity contribution in [2.45, 2.75) is 51.7 Å². The molecule has 0 saturated carbocycles. The van der Waals surface area contributed by atoms with Gasteiger partial charge in [-0.2, -0.15) is 0 Å². The van der Waals surface area contributed by atoms with Crippen molar-refractivity contribution in [3.63, 3.8) is 0 Å². The normalized spacial score (nSPS) is 19.6. The predicted octanol–water partition coefficient (Wildman–Crippen LogP) is 2.77. The summed E-state index contributed by atoms with van der Waals surface area (Å²) in [6, 6.07) is 1.66. The molecule has 0 amide bonds. The molecule has 0 fully saturated rings. The number of carboxylic acids is 1. The quantitative estimate of drug-likeness (QED) is 0.812. The Balaban J connectivity index is 2.12. The van der Waals surface area contributed by atoms with E-state index in [2.05, 4.69) is 11.4 Å². The van der Waals surface area contributed by atoms with E-state index in [1.54, 1.807) is 11.3 Å². The Morgan fingerprint density at radius 2 is 2.40 bits per heavy atom. The molecule has 5 heteroatoms. The number of carbonyl (C=O) groups is 1. The molecule has 4 nitrogen and oxygen atoms in total. The maximum Gasteiger partial charge on any atom is 0.321 e. The maximum absolute atomic E-state index is 11.2. The van der Waals surface area contributed by atoms with E-state index in [-0.39, 0.29) is 6.10 Å². The predicted molar refractivity (Wildman–Crippen MR) is 80.4 cm³/mol. The summed E-state index contributed by atoms with van der Waals surface area (Å²) in [5.41, 5.74) is 1.29. The molecule has 112 valence electrons. The largest absolute Gasteiger partial charge is 0.480 e. The molecule has 1 aromatic heterocycles. The summed E-state index contributed by atoms with van der Waals surface area (Å²) in [6.07, 6.45) is 4.10. The van der Waals surface area contributed by atoms with Gasteiger partial charge >= 0.3 is 5.97 Å². The fraction of sp³-hybridized carbons (Fsp3) is 0.667. The molecule has 1 aliphatic rings. The number of hydrogen-bond donors (Lipinski definition) is 2. The minimum atomic E-state index is -0.778. The minimum Gasteiger partial charge on any atom is -0.480 e. The van der Waals surface area contributed by atoms with Crippen LogP contribution in [-0.4, -0.2) is 30.3 Å². The van der Waals surface area contributed by atoms with Gasteiger partial charge in [0.25, 0.3) is 0 Å². The molecule has 2 N–H and O–H groups in total. The van der Waals surface area contributed by atoms with E-state index >= 15 is 0 Å². The Hall–Kier alpha value is -0.910. The summed E-state index contributed by atoms with van der Waals surface area (Å²) < 4.78 is 5.80. The summed E-state index contributed by atoms with van der Waals surface area (Å²) >= 11 is 1.75. The molecule has 0 saturated heterocycles. The van der Waals surface area contributed by atoms with Gasteiger partial charge in [-0.15, -0.1) is 11.3 Å². The van der Waals surface area contributed by atoms with Gasteiger partial charge in [-0.1, -0.05) is 6.92 Å². The van der Waals surface area contributed by atoms with Crippen molar-refractivity contribution in [3.8, 4) is 0 Å². The molecule has 0 radical (unpaired) electrons. The van der Waals surface area contributed by atoms with Gasteiger partial charge in [-0.05, 0) is 44.4 Å². The number of nitrogens with one attached hydrogen (secondary N) is 1. The van der Waals surface area contributed by atoms with E-state index < -0.39 is 12.0 Å². The number of aliphatic carboxylic acids is 1. The van der Waals surface area contributed by atoms with Gasteiger partial charge in [0.05, 0.1) is 6.10 Å². The van der Waals surface area contributed by atoms with E-state index in [0.29, 0.717) is 13.0 Å². The number of ether oxygens (including phenoxy) is 1. The van der Waals surface area contributed by atoms with Gasteiger partial charge in [0.1, 0.15) is 6.04 Å². The fourth-order valence-electron chi connectivity index (χ4n) is 2.74. The van der Waals surface area contributed by atoms with Crippen LogP contribution in [0.15, 0.2) is 6.07 Å². The third-order valence-electron chi connectivity index (χ3n) is 3.63. The number of carboxylic acid groups (broad SMARTS) is 1. The first-order valence-corrected chi connectivity index (χ1v) is 8.16. The summed E-state index contributed by atoms with van der Waals surface area (Å²) in [4.78, 5) is 13.7. The molecule has 2 rings (SSSR count). The average Bonchev–Trinajstić information content (AvgIpc) is 2.82. The number of likely N-dealkylation sites (N-methyl/N-ethyl adjacent to an activating group) is 1. The van der Waals surface area contributed by atoms with Crippen LogP contribution in [0, 0.1) is 0 Å². The fourth-order valence-corrected chi connectivity index (χ4v) is 4.05. The Labute approximate surface area is 124 Å². The van der Waals surface area contributed by atoms with Crippen LogP contribution in [0.3, 0.4) is 0 Å². The van der Waals surface area contributed by atoms with Crippen LogP contribution in [0.5, 0.6) is 0 Å². The lowest BCUT2D eigenvalue weighted by Crippen LogP contribution is -2.38. The zero-order chi connectivity index (χ0) is 14.5. The molecule has 0 spiro atoms. The number of fused-ring (bicyclic) bond motifs is 1. The Morgan fingerprint density at radius 1 is 1.60 bits per heavy atom. The lowest BCUT2D eigenvalue weighted by Gasteiger charge is -2.22. The third-order valence-corrected chi connectivity index (χ3v) is 4.86. The Kier molecular flexibility index (Phi) is 5.57. The summed E-state index contributed by atoms with van der Waals surface area (Å²) in [5, 5.41) is 12.2. The van der Waals surface area contributed by atoms with Crippen molar-refractivity contribution in [2.24, 2.45) is 0 Å². The number of rotatable bonds is 7. The molecular formula is C15H23NO3S. The van der Waals surface area contributed by atoms with E-state index in [4.69, 9.17) is 4.74 Å². The molecule has 1 aromatic rings. The van der Waals surface area contributed by atoms with Crippen LogP contribution in [0.2, 0.25) is 0 Å². The van der Waals surface area contributed by atoms with Gasteiger partial charge in [0, 0.05) is 22.8 Å². The van der Waals surface area contributed by atoms with Gasteiger partial charge in [-0.3, -0.25) is 4.79 Å². The maximum atomic E-state index is 11.2. The lowest BCUT2D eigenvalue weighted by atomic mass is 9.95. The van der Waals surface area contributed by atoms with E-state index in [9.17, 15) is 9.90 Å². The zero-order valence-corrected chi connectivity index (χ0v) is 13.0. The lowest BCUT2D eigenvalue weighted by molar-refractivity contribution is -0.139. The second-order valence-corrected chi connectivity index (χ2v) is 6.30. The third kappa shape index (κ3) is 3.59. The van der Waals surface area contributed by atoms with Crippen LogP contribution in [0.4, 0.5) is 0 Å². The second kappa shape index (κ2) is 7.20. The highest BCUT2D eigenvalue weighted by atomic mass is 32.1. The monoisotopic (exact) mass is 297 g/mol. The van der Waals surface area contributed by atoms with Crippen molar-refractivity contribution < 1.29 is 14.6 Å². The molecule has 2 unspecified atom stereocenters. The van der Waals surface area contributed by atoms with Gasteiger partial charge < -0.3 is 15.2 Å². The molecule has 0 aromatic carbocycles. The van der Waals surface area contributed by atoms with Crippen LogP contribution in [-0.2, 0) is 22.4 Å². The topological polar surface area (TPSA) is 58.6 Å². The summed E-state index contributed by atoms with van der Waals surface area (Å²) in [6.45, 7) is 5.35. The molecule has 0 bridgehead atoms. The van der Waals surface area contributed by atoms with Crippen LogP contribution in [0.1, 0.15) is 48.1 Å². The van der Waals surface area contributed by atoms with E-state index in [1.807, 2.05) is 13.8 Å². The highest BCUT2D eigenvalue weighted by Crippen LogP contribution is 2.38.